The minimum absolute atomic E-state index is 0.166. The molecule has 0 radical (unpaired) electrons. The maximum absolute atomic E-state index is 13.1. The van der Waals surface area contributed by atoms with E-state index in [0.717, 1.165) is 41.6 Å². The van der Waals surface area contributed by atoms with Crippen LogP contribution in [-0.2, 0) is 22.9 Å². The van der Waals surface area contributed by atoms with Crippen molar-refractivity contribution in [1.82, 2.24) is 14.3 Å². The lowest BCUT2D eigenvalue weighted by atomic mass is 10.1. The van der Waals surface area contributed by atoms with Crippen molar-refractivity contribution in [3.8, 4) is 0 Å². The van der Waals surface area contributed by atoms with Crippen molar-refractivity contribution < 1.29 is 8.42 Å². The molecule has 0 spiro atoms. The lowest BCUT2D eigenvalue weighted by Gasteiger charge is -2.22. The van der Waals surface area contributed by atoms with Gasteiger partial charge < -0.3 is 0 Å². The third kappa shape index (κ3) is 4.77. The summed E-state index contributed by atoms with van der Waals surface area (Å²) in [5.41, 5.74) is 1.24. The average molecular weight is 492 g/mol. The molecule has 1 aliphatic rings. The number of benzene rings is 1. The molecule has 1 unspecified atom stereocenters. The first-order chi connectivity index (χ1) is 14.0. The summed E-state index contributed by atoms with van der Waals surface area (Å²) in [5.74, 6) is 0. The highest BCUT2D eigenvalue weighted by atomic mass is 79.9. The number of aromatic nitrogens is 2. The van der Waals surface area contributed by atoms with Crippen LogP contribution in [0.2, 0.25) is 0 Å². The van der Waals surface area contributed by atoms with Gasteiger partial charge in [-0.05, 0) is 68.0 Å². The van der Waals surface area contributed by atoms with Gasteiger partial charge in [0, 0.05) is 34.5 Å². The van der Waals surface area contributed by atoms with Crippen LogP contribution >= 0.6 is 27.3 Å². The Morgan fingerprint density at radius 2 is 1.97 bits per heavy atom. The zero-order valence-electron chi connectivity index (χ0n) is 15.9. The van der Waals surface area contributed by atoms with Gasteiger partial charge >= 0.3 is 0 Å². The zero-order valence-corrected chi connectivity index (χ0v) is 19.1. The van der Waals surface area contributed by atoms with Crippen LogP contribution in [0.25, 0.3) is 0 Å². The lowest BCUT2D eigenvalue weighted by Crippen LogP contribution is -2.30. The van der Waals surface area contributed by atoms with Gasteiger partial charge in [-0.1, -0.05) is 22.0 Å². The Bertz CT molecular complexity index is 1050. The van der Waals surface area contributed by atoms with Gasteiger partial charge in [0.1, 0.15) is 5.01 Å². The second kappa shape index (κ2) is 9.04. The molecule has 0 aliphatic carbocycles. The van der Waals surface area contributed by atoms with Crippen LogP contribution in [0.3, 0.4) is 0 Å². The molecule has 1 atom stereocenters. The van der Waals surface area contributed by atoms with E-state index in [4.69, 9.17) is 0 Å². The fourth-order valence-electron chi connectivity index (χ4n) is 3.62. The molecule has 4 rings (SSSR count). The van der Waals surface area contributed by atoms with Crippen molar-refractivity contribution >= 4 is 37.3 Å². The third-order valence-electron chi connectivity index (χ3n) is 5.09. The van der Waals surface area contributed by atoms with Crippen molar-refractivity contribution in [2.24, 2.45) is 0 Å². The first-order valence-electron chi connectivity index (χ1n) is 9.65. The van der Waals surface area contributed by atoms with Crippen molar-refractivity contribution in [2.75, 3.05) is 6.54 Å². The van der Waals surface area contributed by atoms with Crippen molar-refractivity contribution in [1.29, 1.82) is 0 Å². The number of thiazole rings is 1. The zero-order chi connectivity index (χ0) is 20.3. The van der Waals surface area contributed by atoms with Crippen LogP contribution < -0.4 is 0 Å². The maximum Gasteiger partial charge on any atom is 0.243 e. The highest BCUT2D eigenvalue weighted by Gasteiger charge is 2.37. The second-order valence-corrected chi connectivity index (χ2v) is 11.1. The molecule has 2 aromatic heterocycles. The number of aryl methyl sites for hydroxylation is 2. The molecule has 5 nitrogen and oxygen atoms in total. The summed E-state index contributed by atoms with van der Waals surface area (Å²) >= 11 is 5.00. The molecule has 3 heterocycles. The Hall–Kier alpha value is -1.61. The quantitative estimate of drug-likeness (QED) is 0.466. The van der Waals surface area contributed by atoms with E-state index in [9.17, 15) is 8.42 Å². The van der Waals surface area contributed by atoms with Crippen LogP contribution in [-0.4, -0.2) is 29.2 Å². The number of halogens is 1. The monoisotopic (exact) mass is 491 g/mol. The molecule has 1 saturated heterocycles. The summed E-state index contributed by atoms with van der Waals surface area (Å²) in [4.78, 5) is 10.3. The molecule has 1 fully saturated rings. The van der Waals surface area contributed by atoms with Crippen LogP contribution in [0.5, 0.6) is 0 Å². The molecule has 1 aliphatic heterocycles. The van der Waals surface area contributed by atoms with Crippen molar-refractivity contribution in [2.45, 2.75) is 43.0 Å². The predicted octanol–water partition coefficient (Wildman–Crippen LogP) is 5.00. The Balaban J connectivity index is 1.44. The summed E-state index contributed by atoms with van der Waals surface area (Å²) < 4.78 is 28.8. The van der Waals surface area contributed by atoms with Gasteiger partial charge in [0.25, 0.3) is 0 Å². The number of nitrogens with zero attached hydrogens (tertiary/aromatic N) is 3. The van der Waals surface area contributed by atoms with Crippen LogP contribution in [0.4, 0.5) is 0 Å². The van der Waals surface area contributed by atoms with Crippen molar-refractivity contribution in [3.63, 3.8) is 0 Å². The Kier molecular flexibility index (Phi) is 6.44. The third-order valence-corrected chi connectivity index (χ3v) is 8.70. The number of rotatable bonds is 7. The van der Waals surface area contributed by atoms with Gasteiger partial charge in [0.05, 0.1) is 10.9 Å². The largest absolute Gasteiger partial charge is 0.264 e. The van der Waals surface area contributed by atoms with Gasteiger partial charge in [-0.25, -0.2) is 13.4 Å². The summed E-state index contributed by atoms with van der Waals surface area (Å²) in [6.07, 6.45) is 10.2. The van der Waals surface area contributed by atoms with E-state index in [0.29, 0.717) is 11.4 Å². The first kappa shape index (κ1) is 20.7. The molecule has 1 aromatic carbocycles. The van der Waals surface area contributed by atoms with Gasteiger partial charge in [0.15, 0.2) is 0 Å². The molecule has 0 saturated carbocycles. The SMILES string of the molecule is O=S(=O)(c1ccc(Br)cc1)N1CCCC1c1ncc(CCCc2cccnc2)s1. The minimum atomic E-state index is -3.52. The normalized spacial score (nSPS) is 17.6. The first-order valence-corrected chi connectivity index (χ1v) is 12.7. The second-order valence-electron chi connectivity index (χ2n) is 7.11. The Morgan fingerprint density at radius 3 is 2.72 bits per heavy atom. The molecular weight excluding hydrogens is 470 g/mol. The fourth-order valence-corrected chi connectivity index (χ4v) is 6.72. The smallest absolute Gasteiger partial charge is 0.243 e. The van der Waals surface area contributed by atoms with E-state index >= 15 is 0 Å². The number of pyridine rings is 1. The minimum Gasteiger partial charge on any atom is -0.264 e. The van der Waals surface area contributed by atoms with Crippen LogP contribution in [0.15, 0.2) is 64.4 Å². The molecule has 0 bridgehead atoms. The number of hydrogen-bond donors (Lipinski definition) is 0. The maximum atomic E-state index is 13.1. The average Bonchev–Trinajstić information content (AvgIpc) is 3.39. The Morgan fingerprint density at radius 1 is 1.14 bits per heavy atom. The molecular formula is C21H22BrN3O2S2. The topological polar surface area (TPSA) is 63.2 Å². The molecule has 3 aromatic rings. The molecule has 29 heavy (non-hydrogen) atoms. The van der Waals surface area contributed by atoms with Gasteiger partial charge in [0.2, 0.25) is 10.0 Å². The van der Waals surface area contributed by atoms with Gasteiger partial charge in [-0.2, -0.15) is 4.31 Å². The molecule has 152 valence electrons. The summed E-state index contributed by atoms with van der Waals surface area (Å²) in [6.45, 7) is 0.541. The van der Waals surface area contributed by atoms with Gasteiger partial charge in [-0.3, -0.25) is 4.98 Å². The lowest BCUT2D eigenvalue weighted by molar-refractivity contribution is 0.395. The van der Waals surface area contributed by atoms with Crippen LogP contribution in [0, 0.1) is 0 Å². The molecule has 8 heteroatoms. The van der Waals surface area contributed by atoms with E-state index in [1.165, 1.54) is 10.4 Å². The van der Waals surface area contributed by atoms with E-state index in [-0.39, 0.29) is 6.04 Å². The van der Waals surface area contributed by atoms with Crippen LogP contribution in [0.1, 0.15) is 40.8 Å². The summed E-state index contributed by atoms with van der Waals surface area (Å²) in [5, 5.41) is 0.902. The molecule has 0 amide bonds. The number of sulfonamides is 1. The Labute approximate surface area is 184 Å². The standard InChI is InChI=1S/C21H22BrN3O2S2/c22-17-8-10-19(11-9-17)29(26,27)25-13-3-7-20(25)21-24-15-18(28-21)6-1-4-16-5-2-12-23-14-16/h2,5,8-12,14-15,20H,1,3-4,6-7,13H2. The van der Waals surface area contributed by atoms with E-state index in [1.54, 1.807) is 46.1 Å². The highest BCUT2D eigenvalue weighted by molar-refractivity contribution is 9.10. The van der Waals surface area contributed by atoms with E-state index in [2.05, 4.69) is 32.0 Å². The van der Waals surface area contributed by atoms with Crippen molar-refractivity contribution in [3.05, 3.63) is 74.9 Å². The number of hydrogen-bond acceptors (Lipinski definition) is 5. The highest BCUT2D eigenvalue weighted by Crippen LogP contribution is 2.38. The van der Waals surface area contributed by atoms with Gasteiger partial charge in [-0.15, -0.1) is 11.3 Å². The van der Waals surface area contributed by atoms with E-state index in [1.807, 2.05) is 18.5 Å². The fraction of sp³-hybridized carbons (Fsp3) is 0.333. The predicted molar refractivity (Wildman–Crippen MR) is 118 cm³/mol. The van der Waals surface area contributed by atoms with E-state index < -0.39 is 10.0 Å². The summed E-state index contributed by atoms with van der Waals surface area (Å²) in [7, 11) is -3.52. The summed E-state index contributed by atoms with van der Waals surface area (Å²) in [6, 6.07) is 10.7. The molecule has 0 N–H and O–H groups in total.